The molecular formula is C15H23BrN2O2. The zero-order valence-electron chi connectivity index (χ0n) is 12.2. The first-order valence-corrected chi connectivity index (χ1v) is 8.10. The van der Waals surface area contributed by atoms with Crippen LogP contribution in [0.4, 0.5) is 0 Å². The highest BCUT2D eigenvalue weighted by molar-refractivity contribution is 9.10. The third-order valence-electron chi connectivity index (χ3n) is 3.19. The molecule has 1 aromatic rings. The molecule has 1 saturated carbocycles. The highest BCUT2D eigenvalue weighted by atomic mass is 79.9. The minimum atomic E-state index is 0.00598. The van der Waals surface area contributed by atoms with Gasteiger partial charge in [0.2, 0.25) is 0 Å². The van der Waals surface area contributed by atoms with Gasteiger partial charge in [-0.2, -0.15) is 0 Å². The summed E-state index contributed by atoms with van der Waals surface area (Å²) in [4.78, 5) is 12.2. The minimum Gasteiger partial charge on any atom is -0.381 e. The number of amides is 1. The Morgan fingerprint density at radius 3 is 2.95 bits per heavy atom. The fourth-order valence-corrected chi connectivity index (χ4v) is 2.51. The maximum atomic E-state index is 12.2. The normalized spacial score (nSPS) is 14.8. The standard InChI is InChI=1S/C15H23BrN2O2/c1-11(2)10-20-7-3-6-17-15(19)14-8-12(16)9-18(14)13-4-5-13/h8-9,11,13H,3-7,10H2,1-2H3,(H,17,19). The number of carbonyl (C=O) groups excluding carboxylic acids is 1. The summed E-state index contributed by atoms with van der Waals surface area (Å²) in [5, 5.41) is 2.96. The first-order chi connectivity index (χ1) is 9.58. The van der Waals surface area contributed by atoms with Crippen LogP contribution in [0.15, 0.2) is 16.7 Å². The lowest BCUT2D eigenvalue weighted by Crippen LogP contribution is -2.27. The fraction of sp³-hybridized carbons (Fsp3) is 0.667. The molecule has 5 heteroatoms. The van der Waals surface area contributed by atoms with E-state index in [1.54, 1.807) is 0 Å². The van der Waals surface area contributed by atoms with Crippen LogP contribution in [0.5, 0.6) is 0 Å². The van der Waals surface area contributed by atoms with E-state index in [2.05, 4.69) is 39.7 Å². The summed E-state index contributed by atoms with van der Waals surface area (Å²) in [5.41, 5.74) is 0.752. The molecule has 1 amide bonds. The van der Waals surface area contributed by atoms with Crippen molar-refractivity contribution >= 4 is 21.8 Å². The Kier molecular flexibility index (Phi) is 5.66. The van der Waals surface area contributed by atoms with Crippen molar-refractivity contribution in [3.63, 3.8) is 0 Å². The lowest BCUT2D eigenvalue weighted by Gasteiger charge is -2.09. The van der Waals surface area contributed by atoms with Gasteiger partial charge < -0.3 is 14.6 Å². The summed E-state index contributed by atoms with van der Waals surface area (Å²) in [6.07, 6.45) is 5.19. The summed E-state index contributed by atoms with van der Waals surface area (Å²) in [7, 11) is 0. The van der Waals surface area contributed by atoms with E-state index in [4.69, 9.17) is 4.74 Å². The van der Waals surface area contributed by atoms with E-state index in [1.165, 1.54) is 12.8 Å². The number of aromatic nitrogens is 1. The van der Waals surface area contributed by atoms with Gasteiger partial charge in [0.1, 0.15) is 5.69 Å². The van der Waals surface area contributed by atoms with Crippen molar-refractivity contribution < 1.29 is 9.53 Å². The lowest BCUT2D eigenvalue weighted by molar-refractivity contribution is 0.0916. The number of rotatable bonds is 8. The van der Waals surface area contributed by atoms with Crippen molar-refractivity contribution in [3.05, 3.63) is 22.4 Å². The van der Waals surface area contributed by atoms with Crippen molar-refractivity contribution in [1.82, 2.24) is 9.88 Å². The van der Waals surface area contributed by atoms with Gasteiger partial charge in [-0.3, -0.25) is 4.79 Å². The van der Waals surface area contributed by atoms with Gasteiger partial charge >= 0.3 is 0 Å². The van der Waals surface area contributed by atoms with Crippen molar-refractivity contribution in [3.8, 4) is 0 Å². The van der Waals surface area contributed by atoms with Crippen LogP contribution in [0, 0.1) is 5.92 Å². The number of nitrogens with one attached hydrogen (secondary N) is 1. The van der Waals surface area contributed by atoms with Gasteiger partial charge in [-0.05, 0) is 47.2 Å². The first kappa shape index (κ1) is 15.6. The summed E-state index contributed by atoms with van der Waals surface area (Å²) in [6, 6.07) is 2.40. The van der Waals surface area contributed by atoms with Crippen LogP contribution < -0.4 is 5.32 Å². The van der Waals surface area contributed by atoms with E-state index < -0.39 is 0 Å². The van der Waals surface area contributed by atoms with Gasteiger partial charge in [-0.15, -0.1) is 0 Å². The molecule has 1 N–H and O–H groups in total. The Balaban J connectivity index is 1.72. The number of nitrogens with zero attached hydrogens (tertiary/aromatic N) is 1. The van der Waals surface area contributed by atoms with Gasteiger partial charge in [0, 0.05) is 36.5 Å². The Labute approximate surface area is 129 Å². The molecule has 112 valence electrons. The van der Waals surface area contributed by atoms with Crippen LogP contribution in [0.2, 0.25) is 0 Å². The third kappa shape index (κ3) is 4.63. The van der Waals surface area contributed by atoms with Gasteiger partial charge in [0.15, 0.2) is 0 Å². The second-order valence-corrected chi connectivity index (χ2v) is 6.68. The highest BCUT2D eigenvalue weighted by Crippen LogP contribution is 2.37. The van der Waals surface area contributed by atoms with Crippen LogP contribution >= 0.6 is 15.9 Å². The summed E-state index contributed by atoms with van der Waals surface area (Å²) < 4.78 is 8.54. The molecule has 1 fully saturated rings. The summed E-state index contributed by atoms with van der Waals surface area (Å²) in [6.45, 7) is 6.40. The van der Waals surface area contributed by atoms with E-state index in [0.717, 1.165) is 23.2 Å². The molecule has 2 rings (SSSR count). The molecule has 0 atom stereocenters. The van der Waals surface area contributed by atoms with Crippen LogP contribution in [0.1, 0.15) is 49.6 Å². The molecule has 0 spiro atoms. The average molecular weight is 343 g/mol. The molecule has 20 heavy (non-hydrogen) atoms. The number of hydrogen-bond acceptors (Lipinski definition) is 2. The number of hydrogen-bond donors (Lipinski definition) is 1. The van der Waals surface area contributed by atoms with Crippen LogP contribution in [-0.4, -0.2) is 30.2 Å². The Morgan fingerprint density at radius 2 is 2.30 bits per heavy atom. The molecule has 0 bridgehead atoms. The smallest absolute Gasteiger partial charge is 0.267 e. The second kappa shape index (κ2) is 7.27. The van der Waals surface area contributed by atoms with E-state index >= 15 is 0 Å². The van der Waals surface area contributed by atoms with Crippen LogP contribution in [0.3, 0.4) is 0 Å². The van der Waals surface area contributed by atoms with Gasteiger partial charge in [-0.1, -0.05) is 13.8 Å². The monoisotopic (exact) mass is 342 g/mol. The predicted molar refractivity (Wildman–Crippen MR) is 83.0 cm³/mol. The molecule has 0 aliphatic heterocycles. The zero-order valence-corrected chi connectivity index (χ0v) is 13.8. The largest absolute Gasteiger partial charge is 0.381 e. The zero-order chi connectivity index (χ0) is 14.5. The molecule has 1 aromatic heterocycles. The summed E-state index contributed by atoms with van der Waals surface area (Å²) >= 11 is 3.44. The molecule has 4 nitrogen and oxygen atoms in total. The molecule has 0 saturated heterocycles. The molecule has 1 heterocycles. The maximum Gasteiger partial charge on any atom is 0.267 e. The number of ether oxygens (including phenoxy) is 1. The van der Waals surface area contributed by atoms with Crippen molar-refractivity contribution in [2.75, 3.05) is 19.8 Å². The molecular weight excluding hydrogens is 320 g/mol. The Morgan fingerprint density at radius 1 is 1.55 bits per heavy atom. The van der Waals surface area contributed by atoms with Crippen molar-refractivity contribution in [2.45, 2.75) is 39.2 Å². The van der Waals surface area contributed by atoms with Crippen molar-refractivity contribution in [2.24, 2.45) is 5.92 Å². The second-order valence-electron chi connectivity index (χ2n) is 5.76. The number of halogens is 1. The Hall–Kier alpha value is -0.810. The van der Waals surface area contributed by atoms with E-state index in [9.17, 15) is 4.79 Å². The molecule has 1 aliphatic rings. The van der Waals surface area contributed by atoms with Gasteiger partial charge in [0.05, 0.1) is 0 Å². The number of carbonyl (C=O) groups is 1. The highest BCUT2D eigenvalue weighted by Gasteiger charge is 2.27. The molecule has 0 radical (unpaired) electrons. The molecule has 0 aromatic carbocycles. The molecule has 0 unspecified atom stereocenters. The van der Waals surface area contributed by atoms with E-state index in [0.29, 0.717) is 25.1 Å². The maximum absolute atomic E-state index is 12.2. The van der Waals surface area contributed by atoms with Gasteiger partial charge in [-0.25, -0.2) is 0 Å². The molecule has 1 aliphatic carbocycles. The minimum absolute atomic E-state index is 0.00598. The Bertz CT molecular complexity index is 453. The van der Waals surface area contributed by atoms with Gasteiger partial charge in [0.25, 0.3) is 5.91 Å². The predicted octanol–water partition coefficient (Wildman–Crippen LogP) is 3.38. The van der Waals surface area contributed by atoms with Crippen LogP contribution in [0.25, 0.3) is 0 Å². The third-order valence-corrected chi connectivity index (χ3v) is 3.62. The lowest BCUT2D eigenvalue weighted by atomic mass is 10.2. The quantitative estimate of drug-likeness (QED) is 0.736. The van der Waals surface area contributed by atoms with Crippen molar-refractivity contribution in [1.29, 1.82) is 0 Å². The summed E-state index contributed by atoms with van der Waals surface area (Å²) in [5.74, 6) is 0.565. The average Bonchev–Trinajstić information content (AvgIpc) is 3.16. The van der Waals surface area contributed by atoms with Crippen LogP contribution in [-0.2, 0) is 4.74 Å². The van der Waals surface area contributed by atoms with E-state index in [1.807, 2.05) is 12.3 Å². The first-order valence-electron chi connectivity index (χ1n) is 7.31. The SMILES string of the molecule is CC(C)COCCCNC(=O)c1cc(Br)cn1C1CC1. The topological polar surface area (TPSA) is 43.3 Å². The fourth-order valence-electron chi connectivity index (χ4n) is 2.07. The van der Waals surface area contributed by atoms with E-state index in [-0.39, 0.29) is 5.91 Å².